The summed E-state index contributed by atoms with van der Waals surface area (Å²) in [5.41, 5.74) is 1.65. The Morgan fingerprint density at radius 1 is 0.900 bits per heavy atom. The van der Waals surface area contributed by atoms with Crippen LogP contribution in [0.1, 0.15) is 30.9 Å². The Morgan fingerprint density at radius 2 is 1.57 bits per heavy atom. The van der Waals surface area contributed by atoms with Crippen LogP contribution >= 0.6 is 34.8 Å². The molecule has 1 N–H and O–H groups in total. The highest BCUT2D eigenvalue weighted by molar-refractivity contribution is 7.92. The molecule has 0 aliphatic carbocycles. The van der Waals surface area contributed by atoms with Gasteiger partial charge in [0.1, 0.15) is 12.6 Å². The second-order valence-electron chi connectivity index (χ2n) is 9.34. The quantitative estimate of drug-likeness (QED) is 0.238. The summed E-state index contributed by atoms with van der Waals surface area (Å²) in [5.74, 6) is -0.908. The number of amides is 2. The van der Waals surface area contributed by atoms with Crippen LogP contribution in [0, 0.1) is 0 Å². The molecule has 11 heteroatoms. The first-order valence-corrected chi connectivity index (χ1v) is 15.8. The number of anilines is 1. The first kappa shape index (κ1) is 31.7. The third kappa shape index (κ3) is 8.86. The summed E-state index contributed by atoms with van der Waals surface area (Å²) < 4.78 is 26.7. The molecule has 0 aromatic heterocycles. The molecule has 214 valence electrons. The van der Waals surface area contributed by atoms with E-state index >= 15 is 0 Å². The summed E-state index contributed by atoms with van der Waals surface area (Å²) in [6.45, 7) is 1.94. The third-order valence-corrected chi connectivity index (χ3v) is 8.43. The van der Waals surface area contributed by atoms with Gasteiger partial charge in [0.05, 0.1) is 22.0 Å². The van der Waals surface area contributed by atoms with Crippen LogP contribution in [0.15, 0.2) is 72.8 Å². The van der Waals surface area contributed by atoms with E-state index in [1.54, 1.807) is 30.3 Å². The van der Waals surface area contributed by atoms with E-state index in [9.17, 15) is 18.0 Å². The molecule has 3 aromatic carbocycles. The van der Waals surface area contributed by atoms with Crippen molar-refractivity contribution in [2.24, 2.45) is 0 Å². The Balaban J connectivity index is 2.05. The van der Waals surface area contributed by atoms with Gasteiger partial charge in [0.15, 0.2) is 0 Å². The molecule has 0 unspecified atom stereocenters. The Morgan fingerprint density at radius 3 is 2.20 bits per heavy atom. The molecule has 0 bridgehead atoms. The molecule has 7 nitrogen and oxygen atoms in total. The van der Waals surface area contributed by atoms with E-state index in [1.807, 2.05) is 37.3 Å². The van der Waals surface area contributed by atoms with Crippen molar-refractivity contribution in [2.75, 3.05) is 23.7 Å². The summed E-state index contributed by atoms with van der Waals surface area (Å²) >= 11 is 18.6. The molecule has 0 spiro atoms. The summed E-state index contributed by atoms with van der Waals surface area (Å²) in [7, 11) is -3.96. The molecular weight excluding hydrogens is 593 g/mol. The fourth-order valence-corrected chi connectivity index (χ4v) is 5.55. The Bertz CT molecular complexity index is 1400. The predicted molar refractivity (Wildman–Crippen MR) is 163 cm³/mol. The molecule has 0 aliphatic rings. The van der Waals surface area contributed by atoms with Gasteiger partial charge < -0.3 is 10.2 Å². The van der Waals surface area contributed by atoms with Crippen molar-refractivity contribution in [3.05, 3.63) is 99.0 Å². The number of halogens is 3. The smallest absolute Gasteiger partial charge is 0.244 e. The number of nitrogens with one attached hydrogen (secondary N) is 1. The molecule has 3 aromatic rings. The fraction of sp³-hybridized carbons (Fsp3) is 0.310. The normalized spacial score (nSPS) is 12.0. The molecule has 3 rings (SSSR count). The standard InChI is InChI=1S/C29H32Cl3N3O4S/c1-3-4-17-33-29(37)26(18-21-9-6-5-7-10-21)34(19-22-13-15-23(30)16-14-22)27(36)20-35(40(2,38)39)25-12-8-11-24(31)28(25)32/h5-16,26H,3-4,17-20H2,1-2H3,(H,33,37)/t26-/m0/s1. The van der Waals surface area contributed by atoms with Gasteiger partial charge in [-0.2, -0.15) is 0 Å². The van der Waals surface area contributed by atoms with Crippen LogP contribution in [0.5, 0.6) is 0 Å². The van der Waals surface area contributed by atoms with Gasteiger partial charge in [-0.3, -0.25) is 13.9 Å². The average molecular weight is 625 g/mol. The summed E-state index contributed by atoms with van der Waals surface area (Å²) in [4.78, 5) is 29.0. The van der Waals surface area contributed by atoms with Crippen LogP contribution in [-0.4, -0.2) is 50.5 Å². The van der Waals surface area contributed by atoms with Crippen molar-refractivity contribution in [3.8, 4) is 0 Å². The first-order valence-electron chi connectivity index (χ1n) is 12.8. The van der Waals surface area contributed by atoms with Crippen LogP contribution in [-0.2, 0) is 32.6 Å². The Hall–Kier alpha value is -2.78. The van der Waals surface area contributed by atoms with Gasteiger partial charge in [-0.05, 0) is 41.8 Å². The summed E-state index contributed by atoms with van der Waals surface area (Å²) in [5, 5.41) is 3.62. The van der Waals surface area contributed by atoms with Gasteiger partial charge in [0, 0.05) is 24.5 Å². The van der Waals surface area contributed by atoms with Crippen molar-refractivity contribution >= 4 is 62.3 Å². The van der Waals surface area contributed by atoms with Crippen molar-refractivity contribution < 1.29 is 18.0 Å². The maximum absolute atomic E-state index is 14.0. The highest BCUT2D eigenvalue weighted by Crippen LogP contribution is 2.34. The zero-order valence-corrected chi connectivity index (χ0v) is 25.4. The lowest BCUT2D eigenvalue weighted by Crippen LogP contribution is -2.53. The topological polar surface area (TPSA) is 86.8 Å². The van der Waals surface area contributed by atoms with Crippen molar-refractivity contribution in [3.63, 3.8) is 0 Å². The van der Waals surface area contributed by atoms with Crippen LogP contribution in [0.25, 0.3) is 0 Å². The Labute approximate surface area is 251 Å². The molecule has 40 heavy (non-hydrogen) atoms. The van der Waals surface area contributed by atoms with E-state index in [2.05, 4.69) is 5.32 Å². The Kier molecular flexibility index (Phi) is 11.7. The van der Waals surface area contributed by atoms with Crippen LogP contribution in [0.2, 0.25) is 15.1 Å². The average Bonchev–Trinajstić information content (AvgIpc) is 2.92. The predicted octanol–water partition coefficient (Wildman–Crippen LogP) is 5.97. The molecule has 0 heterocycles. The van der Waals surface area contributed by atoms with E-state index < -0.39 is 28.5 Å². The maximum Gasteiger partial charge on any atom is 0.244 e. The lowest BCUT2D eigenvalue weighted by atomic mass is 10.0. The van der Waals surface area contributed by atoms with Gasteiger partial charge in [-0.1, -0.05) is 96.7 Å². The number of hydrogen-bond donors (Lipinski definition) is 1. The molecule has 2 amide bonds. The fourth-order valence-electron chi connectivity index (χ4n) is 4.13. The van der Waals surface area contributed by atoms with Gasteiger partial charge in [-0.25, -0.2) is 8.42 Å². The van der Waals surface area contributed by atoms with Gasteiger partial charge in [0.25, 0.3) is 0 Å². The van der Waals surface area contributed by atoms with E-state index in [1.165, 1.54) is 17.0 Å². The number of nitrogens with zero attached hydrogens (tertiary/aromatic N) is 2. The molecule has 0 aliphatic heterocycles. The number of rotatable bonds is 13. The molecular formula is C29H32Cl3N3O4S. The molecule has 0 radical (unpaired) electrons. The number of sulfonamides is 1. The van der Waals surface area contributed by atoms with Crippen molar-refractivity contribution in [1.82, 2.24) is 10.2 Å². The molecule has 0 fully saturated rings. The van der Waals surface area contributed by atoms with Crippen molar-refractivity contribution in [1.29, 1.82) is 0 Å². The van der Waals surface area contributed by atoms with Crippen LogP contribution in [0.4, 0.5) is 5.69 Å². The number of benzene rings is 3. The largest absolute Gasteiger partial charge is 0.354 e. The SMILES string of the molecule is CCCCNC(=O)[C@H](Cc1ccccc1)N(Cc1ccc(Cl)cc1)C(=O)CN(c1cccc(Cl)c1Cl)S(C)(=O)=O. The van der Waals surface area contributed by atoms with E-state index in [0.717, 1.165) is 34.5 Å². The second-order valence-corrected chi connectivity index (χ2v) is 12.5. The first-order chi connectivity index (χ1) is 19.0. The maximum atomic E-state index is 14.0. The summed E-state index contributed by atoms with van der Waals surface area (Å²) in [6.07, 6.45) is 2.89. The number of carbonyl (C=O) groups excluding carboxylic acids is 2. The lowest BCUT2D eigenvalue weighted by Gasteiger charge is -2.33. The monoisotopic (exact) mass is 623 g/mol. The number of carbonyl (C=O) groups is 2. The van der Waals surface area contributed by atoms with Gasteiger partial charge in [0.2, 0.25) is 21.8 Å². The molecule has 1 atom stereocenters. The minimum absolute atomic E-state index is 0.00443. The summed E-state index contributed by atoms with van der Waals surface area (Å²) in [6, 6.07) is 19.9. The lowest BCUT2D eigenvalue weighted by molar-refractivity contribution is -0.140. The molecule has 0 saturated carbocycles. The van der Waals surface area contributed by atoms with E-state index in [4.69, 9.17) is 34.8 Å². The zero-order valence-electron chi connectivity index (χ0n) is 22.3. The minimum atomic E-state index is -3.96. The zero-order chi connectivity index (χ0) is 29.3. The van der Waals surface area contributed by atoms with Gasteiger partial charge in [-0.15, -0.1) is 0 Å². The van der Waals surface area contributed by atoms with Crippen molar-refractivity contribution in [2.45, 2.75) is 38.8 Å². The van der Waals surface area contributed by atoms with Crippen LogP contribution in [0.3, 0.4) is 0 Å². The molecule has 0 saturated heterocycles. The minimum Gasteiger partial charge on any atom is -0.354 e. The van der Waals surface area contributed by atoms with E-state index in [0.29, 0.717) is 11.6 Å². The number of unbranched alkanes of at least 4 members (excludes halogenated alkanes) is 1. The number of hydrogen-bond acceptors (Lipinski definition) is 4. The third-order valence-electron chi connectivity index (χ3n) is 6.25. The second kappa shape index (κ2) is 14.7. The highest BCUT2D eigenvalue weighted by Gasteiger charge is 2.33. The highest BCUT2D eigenvalue weighted by atomic mass is 35.5. The van der Waals surface area contributed by atoms with Crippen LogP contribution < -0.4 is 9.62 Å². The van der Waals surface area contributed by atoms with Gasteiger partial charge >= 0.3 is 0 Å². The van der Waals surface area contributed by atoms with E-state index in [-0.39, 0.29) is 34.6 Å².